The van der Waals surface area contributed by atoms with Gasteiger partial charge in [-0.15, -0.1) is 0 Å². The molecule has 5 rings (SSSR count). The first kappa shape index (κ1) is 18.9. The van der Waals surface area contributed by atoms with Crippen molar-refractivity contribution >= 4 is 17.5 Å². The van der Waals surface area contributed by atoms with E-state index in [1.165, 1.54) is 12.6 Å². The summed E-state index contributed by atoms with van der Waals surface area (Å²) in [6.45, 7) is 0. The van der Waals surface area contributed by atoms with Crippen LogP contribution >= 0.6 is 11.6 Å². The van der Waals surface area contributed by atoms with Crippen LogP contribution in [0.15, 0.2) is 42.6 Å². The summed E-state index contributed by atoms with van der Waals surface area (Å²) in [5.74, 6) is 2.43. The lowest BCUT2D eigenvalue weighted by molar-refractivity contribution is -0.00594. The Labute approximate surface area is 175 Å². The van der Waals surface area contributed by atoms with Gasteiger partial charge in [0.15, 0.2) is 0 Å². The lowest BCUT2D eigenvalue weighted by atomic mass is 9.77. The van der Waals surface area contributed by atoms with Gasteiger partial charge >= 0.3 is 0 Å². The average Bonchev–Trinajstić information content (AvgIpc) is 2.88. The Morgan fingerprint density at radius 1 is 1.21 bits per heavy atom. The normalized spacial score (nSPS) is 32.6. The molecule has 5 nitrogen and oxygen atoms in total. The van der Waals surface area contributed by atoms with Crippen LogP contribution in [0.5, 0.6) is 11.6 Å². The van der Waals surface area contributed by atoms with Crippen LogP contribution in [0.25, 0.3) is 0 Å². The van der Waals surface area contributed by atoms with Gasteiger partial charge in [-0.2, -0.15) is 0 Å². The number of amides is 1. The number of hydrogen-bond acceptors (Lipinski definition) is 4. The number of pyridine rings is 1. The molecule has 3 aliphatic rings. The topological polar surface area (TPSA) is 71.5 Å². The lowest BCUT2D eigenvalue weighted by Gasteiger charge is -2.33. The standard InChI is InChI=1S/C23H25ClN2O3/c24-17-5-7-21(25-13-17)29-18-3-1-2-15(9-18)22(27)26-20-6-4-14-8-16-11-23(28,10-14)12-19(16)20/h1-3,5,7,9,13-14,16,19-20,28H,4,6,8,10-12H2,(H,26,27). The van der Waals surface area contributed by atoms with E-state index in [0.29, 0.717) is 40.0 Å². The number of fused-ring (bicyclic) bond motifs is 2. The van der Waals surface area contributed by atoms with Crippen molar-refractivity contribution < 1.29 is 14.6 Å². The molecule has 0 radical (unpaired) electrons. The smallest absolute Gasteiger partial charge is 0.251 e. The first-order chi connectivity index (χ1) is 14.0. The number of carbonyl (C=O) groups excluding carboxylic acids is 1. The molecule has 3 bridgehead atoms. The van der Waals surface area contributed by atoms with Crippen molar-refractivity contribution in [3.63, 3.8) is 0 Å². The Morgan fingerprint density at radius 3 is 2.93 bits per heavy atom. The molecular weight excluding hydrogens is 388 g/mol. The molecule has 1 aromatic heterocycles. The first-order valence-electron chi connectivity index (χ1n) is 10.4. The SMILES string of the molecule is O=C(NC1CCC2CC3CC(O)(C2)CC31)c1cccc(Oc2ccc(Cl)cn2)c1. The number of aromatic nitrogens is 1. The number of nitrogens with one attached hydrogen (secondary N) is 1. The number of rotatable bonds is 4. The van der Waals surface area contributed by atoms with Crippen LogP contribution in [0.4, 0.5) is 0 Å². The second-order valence-electron chi connectivity index (χ2n) is 8.96. The third-order valence-electron chi connectivity index (χ3n) is 6.91. The molecule has 0 aliphatic heterocycles. The molecule has 2 N–H and O–H groups in total. The van der Waals surface area contributed by atoms with E-state index in [1.54, 1.807) is 30.3 Å². The van der Waals surface area contributed by atoms with E-state index in [4.69, 9.17) is 16.3 Å². The zero-order valence-corrected chi connectivity index (χ0v) is 16.9. The third-order valence-corrected chi connectivity index (χ3v) is 7.13. The van der Waals surface area contributed by atoms with E-state index >= 15 is 0 Å². The van der Waals surface area contributed by atoms with Gasteiger partial charge in [0, 0.05) is 23.9 Å². The van der Waals surface area contributed by atoms with E-state index in [1.807, 2.05) is 6.07 Å². The minimum Gasteiger partial charge on any atom is -0.439 e. The molecule has 0 saturated heterocycles. The van der Waals surface area contributed by atoms with Crippen molar-refractivity contribution in [2.75, 3.05) is 0 Å². The highest BCUT2D eigenvalue weighted by Gasteiger charge is 2.53. The molecule has 5 unspecified atom stereocenters. The zero-order chi connectivity index (χ0) is 20.0. The van der Waals surface area contributed by atoms with E-state index in [9.17, 15) is 9.90 Å². The average molecular weight is 413 g/mol. The van der Waals surface area contributed by atoms with Crippen LogP contribution in [0.3, 0.4) is 0 Å². The van der Waals surface area contributed by atoms with E-state index in [0.717, 1.165) is 32.1 Å². The summed E-state index contributed by atoms with van der Waals surface area (Å²) in [7, 11) is 0. The van der Waals surface area contributed by atoms with Crippen molar-refractivity contribution in [1.29, 1.82) is 0 Å². The number of ether oxygens (including phenoxy) is 1. The third kappa shape index (κ3) is 3.86. The van der Waals surface area contributed by atoms with Gasteiger partial charge in [-0.1, -0.05) is 17.7 Å². The Morgan fingerprint density at radius 2 is 2.10 bits per heavy atom. The van der Waals surface area contributed by atoms with Crippen molar-refractivity contribution in [3.8, 4) is 11.6 Å². The second kappa shape index (κ2) is 7.29. The van der Waals surface area contributed by atoms with Gasteiger partial charge in [0.05, 0.1) is 10.6 Å². The molecule has 5 atom stereocenters. The summed E-state index contributed by atoms with van der Waals surface area (Å²) in [5, 5.41) is 14.7. The molecule has 29 heavy (non-hydrogen) atoms. The molecule has 1 heterocycles. The molecule has 0 spiro atoms. The minimum absolute atomic E-state index is 0.0854. The van der Waals surface area contributed by atoms with E-state index < -0.39 is 5.60 Å². The van der Waals surface area contributed by atoms with Crippen molar-refractivity contribution in [2.45, 2.75) is 50.2 Å². The fraction of sp³-hybridized carbons (Fsp3) is 0.478. The molecule has 1 aromatic carbocycles. The molecule has 3 fully saturated rings. The highest BCUT2D eigenvalue weighted by molar-refractivity contribution is 6.30. The molecular formula is C23H25ClN2O3. The summed E-state index contributed by atoms with van der Waals surface area (Å²) in [6.07, 6.45) is 7.48. The molecule has 152 valence electrons. The van der Waals surface area contributed by atoms with Gasteiger partial charge in [-0.05, 0) is 80.5 Å². The molecule has 3 saturated carbocycles. The maximum atomic E-state index is 13.0. The number of carbonyl (C=O) groups is 1. The Bertz CT molecular complexity index is 919. The summed E-state index contributed by atoms with van der Waals surface area (Å²) in [4.78, 5) is 17.1. The summed E-state index contributed by atoms with van der Waals surface area (Å²) in [5.41, 5.74) is 0.0696. The molecule has 6 heteroatoms. The Balaban J connectivity index is 1.29. The highest BCUT2D eigenvalue weighted by atomic mass is 35.5. The van der Waals surface area contributed by atoms with Crippen LogP contribution in [0.1, 0.15) is 48.9 Å². The fourth-order valence-electron chi connectivity index (χ4n) is 5.80. The quantitative estimate of drug-likeness (QED) is 0.770. The predicted molar refractivity (Wildman–Crippen MR) is 110 cm³/mol. The number of halogens is 1. The highest BCUT2D eigenvalue weighted by Crippen LogP contribution is 2.55. The van der Waals surface area contributed by atoms with Gasteiger partial charge < -0.3 is 15.2 Å². The number of benzene rings is 1. The molecule has 2 aromatic rings. The fourth-order valence-corrected chi connectivity index (χ4v) is 5.91. The monoisotopic (exact) mass is 412 g/mol. The lowest BCUT2D eigenvalue weighted by Crippen LogP contribution is -2.41. The Hall–Kier alpha value is -2.11. The summed E-state index contributed by atoms with van der Waals surface area (Å²) in [6, 6.07) is 10.7. The van der Waals surface area contributed by atoms with Crippen molar-refractivity contribution in [2.24, 2.45) is 17.8 Å². The molecule has 3 aliphatic carbocycles. The van der Waals surface area contributed by atoms with Crippen LogP contribution in [0.2, 0.25) is 5.02 Å². The zero-order valence-electron chi connectivity index (χ0n) is 16.2. The van der Waals surface area contributed by atoms with Crippen LogP contribution in [0, 0.1) is 17.8 Å². The summed E-state index contributed by atoms with van der Waals surface area (Å²) >= 11 is 5.86. The Kier molecular flexibility index (Phi) is 4.75. The number of hydrogen-bond donors (Lipinski definition) is 2. The largest absolute Gasteiger partial charge is 0.439 e. The predicted octanol–water partition coefficient (Wildman–Crippen LogP) is 4.59. The van der Waals surface area contributed by atoms with Gasteiger partial charge in [-0.3, -0.25) is 4.79 Å². The van der Waals surface area contributed by atoms with Crippen LogP contribution in [-0.2, 0) is 0 Å². The number of nitrogens with zero attached hydrogens (tertiary/aromatic N) is 1. The first-order valence-corrected chi connectivity index (χ1v) is 10.8. The molecule has 1 amide bonds. The van der Waals surface area contributed by atoms with Crippen LogP contribution < -0.4 is 10.1 Å². The van der Waals surface area contributed by atoms with Gasteiger partial charge in [-0.25, -0.2) is 4.98 Å². The summed E-state index contributed by atoms with van der Waals surface area (Å²) < 4.78 is 5.75. The number of aliphatic hydroxyl groups is 1. The minimum atomic E-state index is -0.499. The second-order valence-corrected chi connectivity index (χ2v) is 9.40. The van der Waals surface area contributed by atoms with Crippen molar-refractivity contribution in [3.05, 3.63) is 53.2 Å². The van der Waals surface area contributed by atoms with Gasteiger partial charge in [0.1, 0.15) is 5.75 Å². The van der Waals surface area contributed by atoms with Crippen LogP contribution in [-0.4, -0.2) is 27.6 Å². The van der Waals surface area contributed by atoms with Gasteiger partial charge in [0.2, 0.25) is 5.88 Å². The van der Waals surface area contributed by atoms with Crippen molar-refractivity contribution in [1.82, 2.24) is 10.3 Å². The van der Waals surface area contributed by atoms with E-state index in [2.05, 4.69) is 10.3 Å². The maximum absolute atomic E-state index is 13.0. The van der Waals surface area contributed by atoms with Gasteiger partial charge in [0.25, 0.3) is 5.91 Å². The van der Waals surface area contributed by atoms with E-state index in [-0.39, 0.29) is 11.9 Å². The maximum Gasteiger partial charge on any atom is 0.251 e.